The Kier molecular flexibility index (Phi) is 2.74. The average Bonchev–Trinajstić information content (AvgIpc) is 2.89. The van der Waals surface area contributed by atoms with Crippen LogP contribution in [0.3, 0.4) is 0 Å². The molecule has 1 unspecified atom stereocenters. The Morgan fingerprint density at radius 3 is 2.88 bits per heavy atom. The third-order valence-electron chi connectivity index (χ3n) is 4.38. The molecule has 0 spiro atoms. The Hall–Kier alpha value is -0.830. The normalized spacial score (nSPS) is 27.5. The molecule has 1 aromatic heterocycles. The van der Waals surface area contributed by atoms with Gasteiger partial charge in [0.05, 0.1) is 5.69 Å². The number of rotatable bonds is 4. The monoisotopic (exact) mass is 234 g/mol. The average molecular weight is 234 g/mol. The minimum atomic E-state index is 0.369. The zero-order valence-electron chi connectivity index (χ0n) is 10.8. The van der Waals surface area contributed by atoms with E-state index in [2.05, 4.69) is 24.1 Å². The van der Waals surface area contributed by atoms with Crippen molar-refractivity contribution in [1.82, 2.24) is 10.3 Å². The lowest BCUT2D eigenvalue weighted by atomic mass is 9.80. The third-order valence-corrected chi connectivity index (χ3v) is 4.38. The van der Waals surface area contributed by atoms with Gasteiger partial charge in [0.15, 0.2) is 6.39 Å². The van der Waals surface area contributed by atoms with Crippen molar-refractivity contribution in [2.45, 2.75) is 64.5 Å². The molecule has 0 saturated heterocycles. The summed E-state index contributed by atoms with van der Waals surface area (Å²) in [7, 11) is 0. The molecule has 2 aliphatic carbocycles. The van der Waals surface area contributed by atoms with Gasteiger partial charge in [-0.05, 0) is 31.1 Å². The second-order valence-corrected chi connectivity index (χ2v) is 6.25. The number of nitrogens with one attached hydrogen (secondary N) is 1. The molecule has 1 N–H and O–H groups in total. The van der Waals surface area contributed by atoms with Crippen LogP contribution in [-0.4, -0.2) is 11.0 Å². The molecule has 1 atom stereocenters. The van der Waals surface area contributed by atoms with Gasteiger partial charge in [0.25, 0.3) is 0 Å². The molecule has 0 aliphatic heterocycles. The molecule has 3 nitrogen and oxygen atoms in total. The molecule has 17 heavy (non-hydrogen) atoms. The maximum Gasteiger partial charge on any atom is 0.181 e. The first kappa shape index (κ1) is 11.3. The number of aromatic nitrogens is 1. The second kappa shape index (κ2) is 4.13. The minimum absolute atomic E-state index is 0.369. The van der Waals surface area contributed by atoms with E-state index < -0.39 is 0 Å². The predicted octanol–water partition coefficient (Wildman–Crippen LogP) is 3.22. The zero-order chi connectivity index (χ0) is 11.9. The zero-order valence-corrected chi connectivity index (χ0v) is 10.8. The van der Waals surface area contributed by atoms with Crippen LogP contribution >= 0.6 is 0 Å². The summed E-state index contributed by atoms with van der Waals surface area (Å²) in [4.78, 5) is 4.40. The van der Waals surface area contributed by atoms with Crippen molar-refractivity contribution in [3.8, 4) is 0 Å². The summed E-state index contributed by atoms with van der Waals surface area (Å²) in [5.74, 6) is 1.70. The van der Waals surface area contributed by atoms with Crippen LogP contribution in [0.5, 0.6) is 0 Å². The highest BCUT2D eigenvalue weighted by molar-refractivity contribution is 5.17. The first-order chi connectivity index (χ1) is 8.17. The number of oxazole rings is 1. The lowest BCUT2D eigenvalue weighted by Crippen LogP contribution is -2.20. The molecule has 94 valence electrons. The molecule has 0 amide bonds. The van der Waals surface area contributed by atoms with E-state index in [1.165, 1.54) is 32.1 Å². The predicted molar refractivity (Wildman–Crippen MR) is 66.7 cm³/mol. The van der Waals surface area contributed by atoms with Crippen molar-refractivity contribution < 1.29 is 4.42 Å². The fourth-order valence-corrected chi connectivity index (χ4v) is 3.04. The number of hydrogen-bond donors (Lipinski definition) is 1. The van der Waals surface area contributed by atoms with E-state index in [4.69, 9.17) is 4.42 Å². The van der Waals surface area contributed by atoms with Crippen LogP contribution in [0.25, 0.3) is 0 Å². The summed E-state index contributed by atoms with van der Waals surface area (Å²) in [6, 6.07) is 0.733. The van der Waals surface area contributed by atoms with Crippen molar-refractivity contribution in [1.29, 1.82) is 0 Å². The Bertz CT molecular complexity index is 393. The van der Waals surface area contributed by atoms with E-state index in [-0.39, 0.29) is 0 Å². The first-order valence-corrected chi connectivity index (χ1v) is 6.82. The highest BCUT2D eigenvalue weighted by atomic mass is 16.3. The fraction of sp³-hybridized carbons (Fsp3) is 0.786. The standard InChI is InChI=1S/C14H22N2O/c1-14(2)7-3-4-11(14)13-12(16-9-17-13)8-15-10-5-6-10/h9-11,15H,3-8H2,1-2H3. The molecule has 3 rings (SSSR count). The minimum Gasteiger partial charge on any atom is -0.448 e. The molecule has 1 heterocycles. The first-order valence-electron chi connectivity index (χ1n) is 6.82. The van der Waals surface area contributed by atoms with Gasteiger partial charge in [-0.25, -0.2) is 4.98 Å². The topological polar surface area (TPSA) is 38.1 Å². The van der Waals surface area contributed by atoms with Gasteiger partial charge < -0.3 is 9.73 Å². The lowest BCUT2D eigenvalue weighted by molar-refractivity contribution is 0.291. The van der Waals surface area contributed by atoms with E-state index >= 15 is 0 Å². The highest BCUT2D eigenvalue weighted by Gasteiger charge is 2.39. The van der Waals surface area contributed by atoms with E-state index in [0.717, 1.165) is 24.0 Å². The van der Waals surface area contributed by atoms with E-state index in [1.54, 1.807) is 6.39 Å². The van der Waals surface area contributed by atoms with Crippen molar-refractivity contribution in [3.05, 3.63) is 17.8 Å². The SMILES string of the molecule is CC1(C)CCCC1c1ocnc1CNC1CC1. The van der Waals surface area contributed by atoms with Crippen LogP contribution in [0.4, 0.5) is 0 Å². The maximum atomic E-state index is 5.69. The van der Waals surface area contributed by atoms with Crippen molar-refractivity contribution in [2.24, 2.45) is 5.41 Å². The van der Waals surface area contributed by atoms with E-state index in [1.807, 2.05) is 0 Å². The molecule has 2 aliphatic rings. The van der Waals surface area contributed by atoms with E-state index in [9.17, 15) is 0 Å². The summed E-state index contributed by atoms with van der Waals surface area (Å²) in [6.07, 6.45) is 8.12. The largest absolute Gasteiger partial charge is 0.448 e. The van der Waals surface area contributed by atoms with Gasteiger partial charge in [-0.2, -0.15) is 0 Å². The van der Waals surface area contributed by atoms with Gasteiger partial charge in [0, 0.05) is 18.5 Å². The highest BCUT2D eigenvalue weighted by Crippen LogP contribution is 2.49. The summed E-state index contributed by atoms with van der Waals surface area (Å²) in [6.45, 7) is 5.58. The number of nitrogens with zero attached hydrogens (tertiary/aromatic N) is 1. The van der Waals surface area contributed by atoms with Crippen LogP contribution < -0.4 is 5.32 Å². The van der Waals surface area contributed by atoms with Crippen molar-refractivity contribution in [3.63, 3.8) is 0 Å². The van der Waals surface area contributed by atoms with Crippen molar-refractivity contribution >= 4 is 0 Å². The molecular weight excluding hydrogens is 212 g/mol. The third kappa shape index (κ3) is 2.25. The number of hydrogen-bond acceptors (Lipinski definition) is 3. The molecule has 0 radical (unpaired) electrons. The van der Waals surface area contributed by atoms with E-state index in [0.29, 0.717) is 11.3 Å². The van der Waals surface area contributed by atoms with Gasteiger partial charge in [0.2, 0.25) is 0 Å². The van der Waals surface area contributed by atoms with Gasteiger partial charge in [-0.3, -0.25) is 0 Å². The smallest absolute Gasteiger partial charge is 0.181 e. The van der Waals surface area contributed by atoms with Gasteiger partial charge >= 0.3 is 0 Å². The van der Waals surface area contributed by atoms with Crippen LogP contribution in [-0.2, 0) is 6.54 Å². The molecular formula is C14H22N2O. The summed E-state index contributed by atoms with van der Waals surface area (Å²) in [5, 5.41) is 3.53. The summed E-state index contributed by atoms with van der Waals surface area (Å²) in [5.41, 5.74) is 1.50. The second-order valence-electron chi connectivity index (χ2n) is 6.25. The van der Waals surface area contributed by atoms with Crippen LogP contribution in [0.1, 0.15) is 63.3 Å². The Balaban J connectivity index is 1.75. The van der Waals surface area contributed by atoms with Crippen LogP contribution in [0, 0.1) is 5.41 Å². The Morgan fingerprint density at radius 1 is 1.41 bits per heavy atom. The molecule has 2 saturated carbocycles. The summed E-state index contributed by atoms with van der Waals surface area (Å²) >= 11 is 0. The molecule has 0 bridgehead atoms. The van der Waals surface area contributed by atoms with Crippen LogP contribution in [0.15, 0.2) is 10.8 Å². The quantitative estimate of drug-likeness (QED) is 0.869. The van der Waals surface area contributed by atoms with Crippen molar-refractivity contribution in [2.75, 3.05) is 0 Å². The van der Waals surface area contributed by atoms with Gasteiger partial charge in [0.1, 0.15) is 5.76 Å². The Morgan fingerprint density at radius 2 is 2.24 bits per heavy atom. The molecule has 2 fully saturated rings. The fourth-order valence-electron chi connectivity index (χ4n) is 3.04. The van der Waals surface area contributed by atoms with Gasteiger partial charge in [-0.1, -0.05) is 20.3 Å². The Labute approximate surface area is 103 Å². The summed E-state index contributed by atoms with van der Waals surface area (Å²) < 4.78 is 5.69. The van der Waals surface area contributed by atoms with Crippen LogP contribution in [0.2, 0.25) is 0 Å². The maximum absolute atomic E-state index is 5.69. The lowest BCUT2D eigenvalue weighted by Gasteiger charge is -2.25. The molecule has 1 aromatic rings. The molecule has 3 heteroatoms. The van der Waals surface area contributed by atoms with Gasteiger partial charge in [-0.15, -0.1) is 0 Å². The molecule has 0 aromatic carbocycles.